The third-order valence-corrected chi connectivity index (χ3v) is 5.45. The van der Waals surface area contributed by atoms with Gasteiger partial charge in [-0.15, -0.1) is 0 Å². The predicted octanol–water partition coefficient (Wildman–Crippen LogP) is 6.44. The van der Waals surface area contributed by atoms with E-state index in [0.717, 1.165) is 46.6 Å². The van der Waals surface area contributed by atoms with E-state index < -0.39 is 5.97 Å². The molecule has 1 N–H and O–H groups in total. The molecule has 0 aliphatic carbocycles. The maximum absolute atomic E-state index is 10.6. The Hall–Kier alpha value is -3.86. The number of hydrogen-bond donors (Lipinski definition) is 1. The van der Waals surface area contributed by atoms with Crippen molar-refractivity contribution in [2.45, 2.75) is 32.2 Å². The minimum Gasteiger partial charge on any atom is -0.494 e. The van der Waals surface area contributed by atoms with E-state index in [2.05, 4.69) is 41.0 Å². The average Bonchev–Trinajstić information content (AvgIpc) is 3.20. The number of aliphatic carboxylic acids is 1. The molecule has 3 aromatic carbocycles. The summed E-state index contributed by atoms with van der Waals surface area (Å²) < 4.78 is 8.17. The van der Waals surface area contributed by atoms with E-state index in [1.807, 2.05) is 54.6 Å². The van der Waals surface area contributed by atoms with Crippen LogP contribution in [-0.2, 0) is 11.3 Å². The van der Waals surface area contributed by atoms with Crippen molar-refractivity contribution in [3.8, 4) is 17.1 Å². The molecule has 0 saturated carbocycles. The van der Waals surface area contributed by atoms with Gasteiger partial charge in [-0.25, -0.2) is 4.98 Å². The van der Waals surface area contributed by atoms with Crippen molar-refractivity contribution in [2.75, 3.05) is 6.61 Å². The molecule has 0 unspecified atom stereocenters. The highest BCUT2D eigenvalue weighted by molar-refractivity contribution is 5.82. The van der Waals surface area contributed by atoms with Crippen LogP contribution in [0.2, 0.25) is 0 Å². The number of imidazole rings is 1. The van der Waals surface area contributed by atoms with E-state index in [0.29, 0.717) is 19.6 Å². The topological polar surface area (TPSA) is 64.3 Å². The molecule has 0 fully saturated rings. The van der Waals surface area contributed by atoms with Crippen molar-refractivity contribution in [3.05, 3.63) is 90.5 Å². The first-order valence-electron chi connectivity index (χ1n) is 11.3. The molecule has 5 heteroatoms. The molecule has 0 radical (unpaired) electrons. The van der Waals surface area contributed by atoms with E-state index in [1.54, 1.807) is 0 Å². The molecule has 4 rings (SSSR count). The van der Waals surface area contributed by atoms with Crippen LogP contribution in [0.25, 0.3) is 28.5 Å². The van der Waals surface area contributed by atoms with Gasteiger partial charge in [0.1, 0.15) is 11.6 Å². The van der Waals surface area contributed by atoms with Gasteiger partial charge < -0.3 is 14.4 Å². The summed E-state index contributed by atoms with van der Waals surface area (Å²) in [4.78, 5) is 15.5. The zero-order chi connectivity index (χ0) is 22.9. The van der Waals surface area contributed by atoms with Gasteiger partial charge in [-0.1, -0.05) is 72.8 Å². The molecular weight excluding hydrogens is 412 g/mol. The second kappa shape index (κ2) is 11.1. The number of carbonyl (C=O) groups is 1. The molecule has 0 aliphatic rings. The summed E-state index contributed by atoms with van der Waals surface area (Å²) in [5, 5.41) is 8.74. The molecule has 33 heavy (non-hydrogen) atoms. The van der Waals surface area contributed by atoms with Crippen LogP contribution in [0.1, 0.15) is 31.2 Å². The maximum atomic E-state index is 10.6. The van der Waals surface area contributed by atoms with Crippen molar-refractivity contribution in [2.24, 2.45) is 0 Å². The highest BCUT2D eigenvalue weighted by atomic mass is 16.5. The van der Waals surface area contributed by atoms with Crippen LogP contribution in [0.3, 0.4) is 0 Å². The van der Waals surface area contributed by atoms with Crippen LogP contribution in [0.15, 0.2) is 84.9 Å². The van der Waals surface area contributed by atoms with E-state index in [9.17, 15) is 4.79 Å². The first-order chi connectivity index (χ1) is 16.2. The fourth-order valence-electron chi connectivity index (χ4n) is 3.79. The summed E-state index contributed by atoms with van der Waals surface area (Å²) >= 11 is 0. The lowest BCUT2D eigenvalue weighted by molar-refractivity contribution is -0.137. The zero-order valence-electron chi connectivity index (χ0n) is 18.6. The molecule has 5 nitrogen and oxygen atoms in total. The van der Waals surface area contributed by atoms with Crippen LogP contribution in [0, 0.1) is 0 Å². The van der Waals surface area contributed by atoms with Crippen molar-refractivity contribution >= 4 is 23.1 Å². The van der Waals surface area contributed by atoms with Crippen molar-refractivity contribution in [1.82, 2.24) is 9.55 Å². The Morgan fingerprint density at radius 1 is 0.939 bits per heavy atom. The summed E-state index contributed by atoms with van der Waals surface area (Å²) in [5.74, 6) is 0.979. The van der Waals surface area contributed by atoms with Crippen LogP contribution in [0.5, 0.6) is 5.75 Å². The fraction of sp³-hybridized carbons (Fsp3) is 0.214. The number of fused-ring (bicyclic) bond motifs is 1. The predicted molar refractivity (Wildman–Crippen MR) is 132 cm³/mol. The lowest BCUT2D eigenvalue weighted by atomic mass is 10.2. The van der Waals surface area contributed by atoms with Gasteiger partial charge in [0.25, 0.3) is 0 Å². The first-order valence-corrected chi connectivity index (χ1v) is 11.3. The van der Waals surface area contributed by atoms with Crippen molar-refractivity contribution in [3.63, 3.8) is 0 Å². The third kappa shape index (κ3) is 6.10. The summed E-state index contributed by atoms with van der Waals surface area (Å²) in [5.41, 5.74) is 4.18. The Morgan fingerprint density at radius 3 is 2.45 bits per heavy atom. The monoisotopic (exact) mass is 440 g/mol. The molecule has 0 spiro atoms. The third-order valence-electron chi connectivity index (χ3n) is 5.45. The standard InChI is InChI=1S/C28H28N2O3/c31-27(32)16-8-3-9-20-33-24-17-18-25-26(21-24)30(19-10-13-22-11-4-1-5-12-22)28(29-25)23-14-6-2-7-15-23/h1-2,4-7,10-15,17-18,21H,3,8-9,16,19-20H2,(H,31,32)/b13-10+. The van der Waals surface area contributed by atoms with Crippen molar-refractivity contribution in [1.29, 1.82) is 0 Å². The molecule has 4 aromatic rings. The lowest BCUT2D eigenvalue weighted by Crippen LogP contribution is -2.00. The first kappa shape index (κ1) is 22.3. The second-order valence-corrected chi connectivity index (χ2v) is 7.93. The Balaban J connectivity index is 1.54. The Labute approximate surface area is 194 Å². The van der Waals surface area contributed by atoms with E-state index >= 15 is 0 Å². The minimum atomic E-state index is -0.745. The zero-order valence-corrected chi connectivity index (χ0v) is 18.6. The van der Waals surface area contributed by atoms with Gasteiger partial charge in [0, 0.05) is 24.6 Å². The van der Waals surface area contributed by atoms with E-state index in [4.69, 9.17) is 14.8 Å². The van der Waals surface area contributed by atoms with Crippen LogP contribution in [-0.4, -0.2) is 27.2 Å². The van der Waals surface area contributed by atoms with Gasteiger partial charge in [-0.2, -0.15) is 0 Å². The highest BCUT2D eigenvalue weighted by Crippen LogP contribution is 2.28. The molecule has 0 atom stereocenters. The molecule has 0 aliphatic heterocycles. The highest BCUT2D eigenvalue weighted by Gasteiger charge is 2.12. The molecule has 1 aromatic heterocycles. The number of rotatable bonds is 11. The number of nitrogens with zero attached hydrogens (tertiary/aromatic N) is 2. The molecule has 168 valence electrons. The number of unbranched alkanes of at least 4 members (excludes halogenated alkanes) is 2. The van der Waals surface area contributed by atoms with Crippen LogP contribution in [0.4, 0.5) is 0 Å². The summed E-state index contributed by atoms with van der Waals surface area (Å²) in [6.07, 6.45) is 6.84. The summed E-state index contributed by atoms with van der Waals surface area (Å²) in [6, 6.07) is 26.5. The van der Waals surface area contributed by atoms with Gasteiger partial charge in [0.2, 0.25) is 0 Å². The number of carboxylic acids is 1. The quantitative estimate of drug-likeness (QED) is 0.273. The lowest BCUT2D eigenvalue weighted by Gasteiger charge is -2.09. The van der Waals surface area contributed by atoms with Gasteiger partial charge in [0.15, 0.2) is 0 Å². The minimum absolute atomic E-state index is 0.212. The Bertz CT molecular complexity index is 1210. The number of benzene rings is 3. The number of hydrogen-bond acceptors (Lipinski definition) is 3. The summed E-state index contributed by atoms with van der Waals surface area (Å²) in [6.45, 7) is 1.26. The van der Waals surface area contributed by atoms with E-state index in [1.165, 1.54) is 0 Å². The number of allylic oxidation sites excluding steroid dienone is 1. The maximum Gasteiger partial charge on any atom is 0.303 e. The normalized spacial score (nSPS) is 11.3. The number of ether oxygens (including phenoxy) is 1. The van der Waals surface area contributed by atoms with Crippen LogP contribution >= 0.6 is 0 Å². The largest absolute Gasteiger partial charge is 0.494 e. The van der Waals surface area contributed by atoms with E-state index in [-0.39, 0.29) is 6.42 Å². The smallest absolute Gasteiger partial charge is 0.303 e. The Morgan fingerprint density at radius 2 is 1.70 bits per heavy atom. The number of aromatic nitrogens is 2. The molecule has 0 amide bonds. The van der Waals surface area contributed by atoms with Gasteiger partial charge in [-0.05, 0) is 37.0 Å². The SMILES string of the molecule is O=C(O)CCCCCOc1ccc2nc(-c3ccccc3)n(C/C=C/c3ccccc3)c2c1. The average molecular weight is 441 g/mol. The summed E-state index contributed by atoms with van der Waals surface area (Å²) in [7, 11) is 0. The second-order valence-electron chi connectivity index (χ2n) is 7.93. The Kier molecular flexibility index (Phi) is 7.54. The van der Waals surface area contributed by atoms with Crippen LogP contribution < -0.4 is 4.74 Å². The fourth-order valence-corrected chi connectivity index (χ4v) is 3.79. The molecule has 0 saturated heterocycles. The van der Waals surface area contributed by atoms with Gasteiger partial charge in [-0.3, -0.25) is 4.79 Å². The molecule has 1 heterocycles. The number of carboxylic acid groups (broad SMARTS) is 1. The van der Waals surface area contributed by atoms with Crippen molar-refractivity contribution < 1.29 is 14.6 Å². The molecular formula is C28H28N2O3. The van der Waals surface area contributed by atoms with Gasteiger partial charge >= 0.3 is 5.97 Å². The molecule has 0 bridgehead atoms. The van der Waals surface area contributed by atoms with Gasteiger partial charge in [0.05, 0.1) is 17.6 Å².